The van der Waals surface area contributed by atoms with Crippen LogP contribution >= 0.6 is 0 Å². The predicted molar refractivity (Wildman–Crippen MR) is 97.1 cm³/mol. The van der Waals surface area contributed by atoms with Crippen molar-refractivity contribution in [2.75, 3.05) is 13.7 Å². The summed E-state index contributed by atoms with van der Waals surface area (Å²) in [5.41, 5.74) is 0.539. The van der Waals surface area contributed by atoms with Crippen molar-refractivity contribution in [3.8, 4) is 11.8 Å². The molecule has 3 atom stereocenters. The molecular weight excluding hydrogens is 314 g/mol. The van der Waals surface area contributed by atoms with E-state index in [-0.39, 0.29) is 12.1 Å². The van der Waals surface area contributed by atoms with Gasteiger partial charge < -0.3 is 14.7 Å². The fraction of sp³-hybridized carbons (Fsp3) is 0.571. The summed E-state index contributed by atoms with van der Waals surface area (Å²) in [5, 5.41) is 11.5. The van der Waals surface area contributed by atoms with Crippen LogP contribution in [0.25, 0.3) is 0 Å². The van der Waals surface area contributed by atoms with Crippen molar-refractivity contribution in [2.24, 2.45) is 5.41 Å². The average molecular weight is 341 g/mol. The molecule has 4 nitrogen and oxygen atoms in total. The molecule has 2 fully saturated rings. The largest absolute Gasteiger partial charge is 0.453 e. The smallest absolute Gasteiger partial charge is 0.409 e. The standard InChI is InChI=1S/C21H27NO3/c1-16-7-6-8-17(15-16)10-12-21(24)11-5-4-9-18-20(21,2)13-14-22(18)19(23)25-3/h6-8,15,18,24H,4-5,9,11,13-14H2,1-3H3/t18-,20-,21-/m1/s1. The van der Waals surface area contributed by atoms with Crippen LogP contribution in [0.1, 0.15) is 50.2 Å². The van der Waals surface area contributed by atoms with Crippen molar-refractivity contribution < 1.29 is 14.6 Å². The molecule has 1 amide bonds. The summed E-state index contributed by atoms with van der Waals surface area (Å²) >= 11 is 0. The van der Waals surface area contributed by atoms with Gasteiger partial charge in [0, 0.05) is 23.6 Å². The number of benzene rings is 1. The molecule has 1 saturated carbocycles. The molecule has 3 rings (SSSR count). The summed E-state index contributed by atoms with van der Waals surface area (Å²) in [5.74, 6) is 6.38. The van der Waals surface area contributed by atoms with Crippen LogP contribution in [0.2, 0.25) is 0 Å². The van der Waals surface area contributed by atoms with E-state index in [9.17, 15) is 9.90 Å². The summed E-state index contributed by atoms with van der Waals surface area (Å²) in [6.45, 7) is 4.73. The molecule has 1 N–H and O–H groups in total. The number of hydrogen-bond acceptors (Lipinski definition) is 3. The first-order valence-electron chi connectivity index (χ1n) is 9.06. The van der Waals surface area contributed by atoms with Crippen LogP contribution in [0.5, 0.6) is 0 Å². The Morgan fingerprint density at radius 2 is 2.16 bits per heavy atom. The number of aliphatic hydroxyl groups is 1. The van der Waals surface area contributed by atoms with Gasteiger partial charge in [-0.2, -0.15) is 0 Å². The van der Waals surface area contributed by atoms with Crippen molar-refractivity contribution in [1.29, 1.82) is 0 Å². The number of rotatable bonds is 0. The Labute approximate surface area is 150 Å². The van der Waals surface area contributed by atoms with Crippen molar-refractivity contribution in [3.63, 3.8) is 0 Å². The first-order valence-corrected chi connectivity index (χ1v) is 9.06. The lowest BCUT2D eigenvalue weighted by molar-refractivity contribution is -0.0437. The van der Waals surface area contributed by atoms with Crippen molar-refractivity contribution in [2.45, 2.75) is 57.6 Å². The number of likely N-dealkylation sites (tertiary alicyclic amines) is 1. The molecule has 2 aliphatic rings. The summed E-state index contributed by atoms with van der Waals surface area (Å²) < 4.78 is 4.95. The molecule has 1 heterocycles. The maximum Gasteiger partial charge on any atom is 0.409 e. The number of methoxy groups -OCH3 is 1. The Morgan fingerprint density at radius 3 is 2.88 bits per heavy atom. The van der Waals surface area contributed by atoms with E-state index < -0.39 is 11.0 Å². The summed E-state index contributed by atoms with van der Waals surface area (Å²) in [7, 11) is 1.42. The Morgan fingerprint density at radius 1 is 1.36 bits per heavy atom. The van der Waals surface area contributed by atoms with Gasteiger partial charge in [0.2, 0.25) is 0 Å². The van der Waals surface area contributed by atoms with Gasteiger partial charge in [-0.1, -0.05) is 37.3 Å². The number of fused-ring (bicyclic) bond motifs is 1. The second-order valence-corrected chi connectivity index (χ2v) is 7.57. The first kappa shape index (κ1) is 17.8. The Balaban J connectivity index is 1.96. The minimum absolute atomic E-state index is 0.0285. The molecule has 1 aromatic carbocycles. The highest BCUT2D eigenvalue weighted by Crippen LogP contribution is 2.51. The van der Waals surface area contributed by atoms with Crippen LogP contribution in [0.15, 0.2) is 24.3 Å². The topological polar surface area (TPSA) is 49.8 Å². The lowest BCUT2D eigenvalue weighted by Gasteiger charge is -2.42. The van der Waals surface area contributed by atoms with Crippen LogP contribution < -0.4 is 0 Å². The van der Waals surface area contributed by atoms with E-state index in [2.05, 4.69) is 18.8 Å². The summed E-state index contributed by atoms with van der Waals surface area (Å²) in [6.07, 6.45) is 3.88. The van der Waals surface area contributed by atoms with Gasteiger partial charge >= 0.3 is 6.09 Å². The number of carbonyl (C=O) groups excluding carboxylic acids is 1. The SMILES string of the molecule is COC(=O)N1CC[C@]2(C)[C@H]1CCCC[C@@]2(O)C#Cc1cccc(C)c1. The monoisotopic (exact) mass is 341 g/mol. The van der Waals surface area contributed by atoms with Crippen molar-refractivity contribution in [1.82, 2.24) is 4.90 Å². The van der Waals surface area contributed by atoms with Crippen molar-refractivity contribution in [3.05, 3.63) is 35.4 Å². The third-order valence-electron chi connectivity index (χ3n) is 6.04. The van der Waals surface area contributed by atoms with Crippen molar-refractivity contribution >= 4 is 6.09 Å². The number of aryl methyl sites for hydroxylation is 1. The average Bonchev–Trinajstić information content (AvgIpc) is 2.88. The highest BCUT2D eigenvalue weighted by Gasteiger charge is 2.58. The fourth-order valence-corrected chi connectivity index (χ4v) is 4.42. The van der Waals surface area contributed by atoms with Crippen LogP contribution in [-0.2, 0) is 4.74 Å². The maximum absolute atomic E-state index is 12.1. The van der Waals surface area contributed by atoms with Crippen LogP contribution in [0.3, 0.4) is 0 Å². The van der Waals surface area contributed by atoms with E-state index in [1.165, 1.54) is 7.11 Å². The zero-order valence-electron chi connectivity index (χ0n) is 15.3. The number of ether oxygens (including phenoxy) is 1. The zero-order chi connectivity index (χ0) is 18.1. The summed E-state index contributed by atoms with van der Waals surface area (Å²) in [4.78, 5) is 13.9. The highest BCUT2D eigenvalue weighted by atomic mass is 16.5. The fourth-order valence-electron chi connectivity index (χ4n) is 4.42. The minimum atomic E-state index is -1.10. The molecule has 0 aromatic heterocycles. The molecular formula is C21H27NO3. The van der Waals surface area contributed by atoms with E-state index in [0.717, 1.165) is 36.8 Å². The molecule has 25 heavy (non-hydrogen) atoms. The Hall–Kier alpha value is -1.99. The molecule has 134 valence electrons. The lowest BCUT2D eigenvalue weighted by atomic mass is 9.67. The van der Waals surface area contributed by atoms with E-state index in [1.54, 1.807) is 4.90 Å². The summed E-state index contributed by atoms with van der Waals surface area (Å²) in [6, 6.07) is 7.99. The van der Waals surface area contributed by atoms with Gasteiger partial charge in [-0.05, 0) is 50.3 Å². The third kappa shape index (κ3) is 3.14. The molecule has 1 aliphatic carbocycles. The second kappa shape index (κ2) is 6.72. The number of nitrogens with zero attached hydrogens (tertiary/aromatic N) is 1. The second-order valence-electron chi connectivity index (χ2n) is 7.57. The normalized spacial score (nSPS) is 31.5. The minimum Gasteiger partial charge on any atom is -0.453 e. The van der Waals surface area contributed by atoms with Gasteiger partial charge in [-0.15, -0.1) is 0 Å². The molecule has 1 aliphatic heterocycles. The molecule has 1 aromatic rings. The number of carbonyl (C=O) groups is 1. The van der Waals surface area contributed by atoms with Gasteiger partial charge in [-0.25, -0.2) is 4.79 Å². The quantitative estimate of drug-likeness (QED) is 0.735. The first-order chi connectivity index (χ1) is 11.9. The number of amides is 1. The van der Waals surface area contributed by atoms with Gasteiger partial charge in [0.05, 0.1) is 7.11 Å². The zero-order valence-corrected chi connectivity index (χ0v) is 15.3. The number of hydrogen-bond donors (Lipinski definition) is 1. The molecule has 0 radical (unpaired) electrons. The van der Waals surface area contributed by atoms with Gasteiger partial charge in [0.1, 0.15) is 5.60 Å². The molecule has 0 bridgehead atoms. The molecule has 0 unspecified atom stereocenters. The van der Waals surface area contributed by atoms with Crippen LogP contribution in [0, 0.1) is 24.2 Å². The van der Waals surface area contributed by atoms with E-state index in [4.69, 9.17) is 4.74 Å². The van der Waals surface area contributed by atoms with Gasteiger partial charge in [0.25, 0.3) is 0 Å². The molecule has 0 spiro atoms. The molecule has 1 saturated heterocycles. The van der Waals surface area contributed by atoms with Crippen LogP contribution in [0.4, 0.5) is 4.79 Å². The molecule has 4 heteroatoms. The Kier molecular flexibility index (Phi) is 4.79. The van der Waals surface area contributed by atoms with E-state index >= 15 is 0 Å². The maximum atomic E-state index is 12.1. The van der Waals surface area contributed by atoms with Gasteiger partial charge in [-0.3, -0.25) is 0 Å². The Bertz CT molecular complexity index is 719. The third-order valence-corrected chi connectivity index (χ3v) is 6.04. The van der Waals surface area contributed by atoms with E-state index in [0.29, 0.717) is 13.0 Å². The highest BCUT2D eigenvalue weighted by molar-refractivity contribution is 5.68. The van der Waals surface area contributed by atoms with Gasteiger partial charge in [0.15, 0.2) is 0 Å². The van der Waals surface area contributed by atoms with E-state index in [1.807, 2.05) is 31.2 Å². The lowest BCUT2D eigenvalue weighted by Crippen LogP contribution is -2.52. The van der Waals surface area contributed by atoms with Crippen LogP contribution in [-0.4, -0.2) is 41.4 Å². The predicted octanol–water partition coefficient (Wildman–Crippen LogP) is 3.50.